The molecule has 3 N–H and O–H groups in total. The van der Waals surface area contributed by atoms with Gasteiger partial charge in [0.15, 0.2) is 0 Å². The summed E-state index contributed by atoms with van der Waals surface area (Å²) in [5.74, 6) is -0.0751. The SMILES string of the molecule is CNC(=O)c1cc(Oc2cccc(-c3c[nH]c(C(=O)Nc4ccc(Cl)c(C(F)(F)F)c4)c3)c2)ccn1. The van der Waals surface area contributed by atoms with Crippen LogP contribution in [0.1, 0.15) is 26.5 Å². The molecule has 2 aromatic carbocycles. The first kappa shape index (κ1) is 24.8. The Balaban J connectivity index is 1.50. The molecule has 0 bridgehead atoms. The van der Waals surface area contributed by atoms with E-state index in [-0.39, 0.29) is 23.0 Å². The van der Waals surface area contributed by atoms with Crippen molar-refractivity contribution in [3.8, 4) is 22.6 Å². The van der Waals surface area contributed by atoms with Crippen molar-refractivity contribution in [2.75, 3.05) is 12.4 Å². The molecule has 0 aliphatic carbocycles. The molecular formula is C25H18ClF3N4O3. The van der Waals surface area contributed by atoms with Gasteiger partial charge in [0.05, 0.1) is 10.6 Å². The number of aromatic amines is 1. The lowest BCUT2D eigenvalue weighted by atomic mass is 10.1. The predicted octanol–water partition coefficient (Wildman–Crippen LogP) is 6.15. The van der Waals surface area contributed by atoms with Crippen LogP contribution in [0.3, 0.4) is 0 Å². The van der Waals surface area contributed by atoms with E-state index in [1.54, 1.807) is 42.6 Å². The Labute approximate surface area is 208 Å². The van der Waals surface area contributed by atoms with Gasteiger partial charge < -0.3 is 20.4 Å². The molecule has 2 amide bonds. The van der Waals surface area contributed by atoms with Crippen LogP contribution in [0.2, 0.25) is 5.02 Å². The largest absolute Gasteiger partial charge is 0.457 e. The van der Waals surface area contributed by atoms with E-state index in [1.165, 1.54) is 25.4 Å². The Kier molecular flexibility index (Phi) is 6.98. The lowest BCUT2D eigenvalue weighted by Gasteiger charge is -2.11. The van der Waals surface area contributed by atoms with Crippen LogP contribution in [0.25, 0.3) is 11.1 Å². The minimum Gasteiger partial charge on any atom is -0.457 e. The summed E-state index contributed by atoms with van der Waals surface area (Å²) in [7, 11) is 1.50. The molecule has 0 aliphatic rings. The molecule has 36 heavy (non-hydrogen) atoms. The fourth-order valence-electron chi connectivity index (χ4n) is 3.31. The van der Waals surface area contributed by atoms with Gasteiger partial charge in [-0.05, 0) is 48.0 Å². The fraction of sp³-hybridized carbons (Fsp3) is 0.0800. The number of pyridine rings is 1. The maximum absolute atomic E-state index is 13.1. The number of benzene rings is 2. The Hall–Kier alpha value is -4.31. The third-order valence-corrected chi connectivity index (χ3v) is 5.38. The lowest BCUT2D eigenvalue weighted by Crippen LogP contribution is -2.18. The summed E-state index contributed by atoms with van der Waals surface area (Å²) in [6.45, 7) is 0. The van der Waals surface area contributed by atoms with Crippen molar-refractivity contribution >= 4 is 29.1 Å². The van der Waals surface area contributed by atoms with Gasteiger partial charge >= 0.3 is 6.18 Å². The highest BCUT2D eigenvalue weighted by atomic mass is 35.5. The minimum atomic E-state index is -4.65. The number of aromatic nitrogens is 2. The number of hydrogen-bond acceptors (Lipinski definition) is 4. The Morgan fingerprint density at radius 2 is 1.75 bits per heavy atom. The molecule has 7 nitrogen and oxygen atoms in total. The zero-order valence-corrected chi connectivity index (χ0v) is 19.4. The van der Waals surface area contributed by atoms with Crippen molar-refractivity contribution < 1.29 is 27.5 Å². The first-order chi connectivity index (χ1) is 17.1. The van der Waals surface area contributed by atoms with Gasteiger partial charge in [-0.15, -0.1) is 0 Å². The van der Waals surface area contributed by atoms with Gasteiger partial charge in [0, 0.05) is 36.8 Å². The maximum atomic E-state index is 13.1. The van der Waals surface area contributed by atoms with Crippen LogP contribution < -0.4 is 15.4 Å². The first-order valence-corrected chi connectivity index (χ1v) is 10.8. The van der Waals surface area contributed by atoms with E-state index in [9.17, 15) is 22.8 Å². The summed E-state index contributed by atoms with van der Waals surface area (Å²) >= 11 is 5.63. The number of ether oxygens (including phenoxy) is 1. The fourth-order valence-corrected chi connectivity index (χ4v) is 3.54. The van der Waals surface area contributed by atoms with Crippen molar-refractivity contribution in [2.45, 2.75) is 6.18 Å². The highest BCUT2D eigenvalue weighted by Crippen LogP contribution is 2.36. The minimum absolute atomic E-state index is 0.0447. The summed E-state index contributed by atoms with van der Waals surface area (Å²) in [5, 5.41) is 4.47. The van der Waals surface area contributed by atoms with Gasteiger partial charge in [0.1, 0.15) is 22.9 Å². The number of alkyl halides is 3. The highest BCUT2D eigenvalue weighted by molar-refractivity contribution is 6.31. The summed E-state index contributed by atoms with van der Waals surface area (Å²) in [5.41, 5.74) is 0.631. The van der Waals surface area contributed by atoms with E-state index in [0.29, 0.717) is 22.6 Å². The van der Waals surface area contributed by atoms with Gasteiger partial charge in [0.25, 0.3) is 11.8 Å². The monoisotopic (exact) mass is 514 g/mol. The van der Waals surface area contributed by atoms with E-state index in [4.69, 9.17) is 16.3 Å². The summed E-state index contributed by atoms with van der Waals surface area (Å²) in [6.07, 6.45) is -1.60. The Morgan fingerprint density at radius 1 is 0.972 bits per heavy atom. The zero-order valence-electron chi connectivity index (χ0n) is 18.6. The third-order valence-electron chi connectivity index (χ3n) is 5.05. The molecule has 0 atom stereocenters. The van der Waals surface area contributed by atoms with E-state index in [2.05, 4.69) is 20.6 Å². The number of amides is 2. The molecule has 0 saturated carbocycles. The molecular weight excluding hydrogens is 497 g/mol. The number of rotatable bonds is 6. The maximum Gasteiger partial charge on any atom is 0.417 e. The number of hydrogen-bond donors (Lipinski definition) is 3. The number of carbonyl (C=O) groups is 2. The summed E-state index contributed by atoms with van der Waals surface area (Å²) in [6, 6.07) is 14.8. The standard InChI is InChI=1S/C25H18ClF3N4O3/c1-30-23(34)22-12-18(7-8-31-22)36-17-4-2-3-14(9-17)15-10-21(32-13-15)24(35)33-16-5-6-20(26)19(11-16)25(27,28)29/h2-13,32H,1H3,(H,30,34)(H,33,35). The number of anilines is 1. The lowest BCUT2D eigenvalue weighted by molar-refractivity contribution is -0.137. The van der Waals surface area contributed by atoms with E-state index >= 15 is 0 Å². The van der Waals surface area contributed by atoms with Gasteiger partial charge in [0.2, 0.25) is 0 Å². The number of H-pyrrole nitrogens is 1. The second-order valence-corrected chi connectivity index (χ2v) is 7.94. The van der Waals surface area contributed by atoms with E-state index < -0.39 is 22.7 Å². The van der Waals surface area contributed by atoms with Crippen molar-refractivity contribution in [1.29, 1.82) is 0 Å². The molecule has 0 fully saturated rings. The van der Waals surface area contributed by atoms with Crippen molar-refractivity contribution in [1.82, 2.24) is 15.3 Å². The number of nitrogens with zero attached hydrogens (tertiary/aromatic N) is 1. The molecule has 0 aliphatic heterocycles. The quantitative estimate of drug-likeness (QED) is 0.287. The van der Waals surface area contributed by atoms with Crippen LogP contribution >= 0.6 is 11.6 Å². The zero-order chi connectivity index (χ0) is 25.9. The number of nitrogens with one attached hydrogen (secondary N) is 3. The van der Waals surface area contributed by atoms with Gasteiger partial charge in [-0.2, -0.15) is 13.2 Å². The molecule has 184 valence electrons. The highest BCUT2D eigenvalue weighted by Gasteiger charge is 2.33. The third kappa shape index (κ3) is 5.66. The predicted molar refractivity (Wildman–Crippen MR) is 128 cm³/mol. The van der Waals surface area contributed by atoms with Crippen LogP contribution in [0.5, 0.6) is 11.5 Å². The van der Waals surface area contributed by atoms with E-state index in [0.717, 1.165) is 12.1 Å². The van der Waals surface area contributed by atoms with E-state index in [1.807, 2.05) is 0 Å². The topological polar surface area (TPSA) is 96.1 Å². The Bertz CT molecular complexity index is 1440. The molecule has 2 aromatic heterocycles. The summed E-state index contributed by atoms with van der Waals surface area (Å²) < 4.78 is 45.1. The second-order valence-electron chi connectivity index (χ2n) is 7.53. The van der Waals surface area contributed by atoms with Crippen molar-refractivity contribution in [2.24, 2.45) is 0 Å². The van der Waals surface area contributed by atoms with Gasteiger partial charge in [-0.1, -0.05) is 23.7 Å². The smallest absolute Gasteiger partial charge is 0.417 e. The molecule has 4 rings (SSSR count). The molecule has 0 spiro atoms. The Morgan fingerprint density at radius 3 is 2.50 bits per heavy atom. The van der Waals surface area contributed by atoms with Gasteiger partial charge in [-0.3, -0.25) is 14.6 Å². The van der Waals surface area contributed by atoms with Crippen LogP contribution in [0, 0.1) is 0 Å². The molecule has 2 heterocycles. The van der Waals surface area contributed by atoms with Gasteiger partial charge in [-0.25, -0.2) is 0 Å². The summed E-state index contributed by atoms with van der Waals surface area (Å²) in [4.78, 5) is 31.2. The van der Waals surface area contributed by atoms with Crippen LogP contribution in [0.15, 0.2) is 73.1 Å². The second kappa shape index (κ2) is 10.1. The normalized spacial score (nSPS) is 11.1. The average Bonchev–Trinajstić information content (AvgIpc) is 3.35. The number of carbonyl (C=O) groups excluding carboxylic acids is 2. The van der Waals surface area contributed by atoms with Crippen molar-refractivity contribution in [3.63, 3.8) is 0 Å². The first-order valence-electron chi connectivity index (χ1n) is 10.5. The van der Waals surface area contributed by atoms with Crippen LogP contribution in [0.4, 0.5) is 18.9 Å². The van der Waals surface area contributed by atoms with Crippen LogP contribution in [-0.2, 0) is 6.18 Å². The number of halogens is 4. The average molecular weight is 515 g/mol. The van der Waals surface area contributed by atoms with Crippen LogP contribution in [-0.4, -0.2) is 28.8 Å². The molecule has 0 radical (unpaired) electrons. The molecule has 0 saturated heterocycles. The molecule has 0 unspecified atom stereocenters. The van der Waals surface area contributed by atoms with Crippen molar-refractivity contribution in [3.05, 3.63) is 95.0 Å². The molecule has 4 aromatic rings. The molecule has 11 heteroatoms.